The highest BCUT2D eigenvalue weighted by atomic mass is 16.3. The molecule has 0 spiro atoms. The minimum absolute atomic E-state index is 0.113. The summed E-state index contributed by atoms with van der Waals surface area (Å²) in [6, 6.07) is 5.59. The van der Waals surface area contributed by atoms with Crippen LogP contribution in [0.3, 0.4) is 0 Å². The van der Waals surface area contributed by atoms with Gasteiger partial charge in [-0.15, -0.1) is 0 Å². The molecule has 2 rings (SSSR count). The molecule has 0 saturated heterocycles. The van der Waals surface area contributed by atoms with Crippen LogP contribution >= 0.6 is 0 Å². The lowest BCUT2D eigenvalue weighted by Gasteiger charge is -2.16. The number of benzene rings is 1. The molecule has 0 aliphatic heterocycles. The Hall–Kier alpha value is -2.04. The zero-order valence-corrected chi connectivity index (χ0v) is 9.23. The molecule has 0 aliphatic rings. The number of carbonyl (C=O) groups excluding carboxylic acids is 1. The fraction of sp³-hybridized carbons (Fsp3) is 0.273. The zero-order chi connectivity index (χ0) is 11.5. The highest BCUT2D eigenvalue weighted by molar-refractivity contribution is 5.75. The summed E-state index contributed by atoms with van der Waals surface area (Å²) in [5, 5.41) is 2.57. The maximum absolute atomic E-state index is 11.3. The molecule has 0 bridgehead atoms. The van der Waals surface area contributed by atoms with Crippen molar-refractivity contribution >= 4 is 17.1 Å². The van der Waals surface area contributed by atoms with E-state index in [-0.39, 0.29) is 6.03 Å². The van der Waals surface area contributed by atoms with Gasteiger partial charge in [-0.1, -0.05) is 6.07 Å². The van der Waals surface area contributed by atoms with E-state index in [2.05, 4.69) is 10.3 Å². The zero-order valence-electron chi connectivity index (χ0n) is 9.23. The molecule has 5 nitrogen and oxygen atoms in total. The van der Waals surface area contributed by atoms with Gasteiger partial charge >= 0.3 is 6.03 Å². The van der Waals surface area contributed by atoms with Crippen molar-refractivity contribution in [1.82, 2.24) is 15.2 Å². The lowest BCUT2D eigenvalue weighted by molar-refractivity contribution is 0.209. The van der Waals surface area contributed by atoms with Crippen LogP contribution < -0.4 is 5.32 Å². The number of fused-ring (bicyclic) bond motifs is 1. The van der Waals surface area contributed by atoms with Crippen molar-refractivity contribution in [3.63, 3.8) is 0 Å². The predicted octanol–water partition coefficient (Wildman–Crippen LogP) is 1.60. The van der Waals surface area contributed by atoms with Crippen LogP contribution in [0.5, 0.6) is 0 Å². The number of urea groups is 1. The molecular weight excluding hydrogens is 206 g/mol. The van der Waals surface area contributed by atoms with E-state index in [9.17, 15) is 4.79 Å². The van der Waals surface area contributed by atoms with E-state index >= 15 is 0 Å². The van der Waals surface area contributed by atoms with Gasteiger partial charge < -0.3 is 14.6 Å². The highest BCUT2D eigenvalue weighted by Crippen LogP contribution is 2.15. The Morgan fingerprint density at radius 2 is 2.38 bits per heavy atom. The summed E-state index contributed by atoms with van der Waals surface area (Å²) >= 11 is 0. The van der Waals surface area contributed by atoms with Crippen molar-refractivity contribution in [3.8, 4) is 0 Å². The van der Waals surface area contributed by atoms with E-state index in [4.69, 9.17) is 4.42 Å². The Morgan fingerprint density at radius 1 is 1.56 bits per heavy atom. The van der Waals surface area contributed by atoms with E-state index in [1.165, 1.54) is 6.39 Å². The largest absolute Gasteiger partial charge is 0.443 e. The Labute approximate surface area is 93.1 Å². The second-order valence-corrected chi connectivity index (χ2v) is 3.57. The molecule has 2 amide bonds. The molecule has 5 heteroatoms. The lowest BCUT2D eigenvalue weighted by atomic mass is 10.2. The van der Waals surface area contributed by atoms with E-state index < -0.39 is 0 Å². The predicted molar refractivity (Wildman–Crippen MR) is 59.9 cm³/mol. The van der Waals surface area contributed by atoms with Crippen LogP contribution in [0.2, 0.25) is 0 Å². The Balaban J connectivity index is 2.17. The monoisotopic (exact) mass is 219 g/mol. The minimum Gasteiger partial charge on any atom is -0.443 e. The lowest BCUT2D eigenvalue weighted by Crippen LogP contribution is -2.34. The number of aromatic nitrogens is 1. The fourth-order valence-corrected chi connectivity index (χ4v) is 1.53. The molecule has 0 aliphatic carbocycles. The number of hydrogen-bond donors (Lipinski definition) is 1. The van der Waals surface area contributed by atoms with Gasteiger partial charge in [-0.3, -0.25) is 0 Å². The third-order valence-electron chi connectivity index (χ3n) is 2.38. The number of nitrogens with one attached hydrogen (secondary N) is 1. The molecule has 1 N–H and O–H groups in total. The van der Waals surface area contributed by atoms with Crippen LogP contribution in [0.25, 0.3) is 11.1 Å². The van der Waals surface area contributed by atoms with Crippen LogP contribution in [0, 0.1) is 0 Å². The SMILES string of the molecule is CNC(=O)N(C)Cc1ccc2ncoc2c1. The Kier molecular flexibility index (Phi) is 2.76. The summed E-state index contributed by atoms with van der Waals surface area (Å²) < 4.78 is 5.20. The van der Waals surface area contributed by atoms with E-state index in [1.54, 1.807) is 19.0 Å². The summed E-state index contributed by atoms with van der Waals surface area (Å²) in [4.78, 5) is 16.9. The number of hydrogen-bond acceptors (Lipinski definition) is 3. The summed E-state index contributed by atoms with van der Waals surface area (Å²) in [5.41, 5.74) is 2.57. The average molecular weight is 219 g/mol. The number of oxazole rings is 1. The van der Waals surface area contributed by atoms with Gasteiger partial charge in [-0.25, -0.2) is 9.78 Å². The molecular formula is C11H13N3O2. The first-order chi connectivity index (χ1) is 7.70. The minimum atomic E-state index is -0.113. The van der Waals surface area contributed by atoms with Gasteiger partial charge in [0.05, 0.1) is 0 Å². The van der Waals surface area contributed by atoms with Gasteiger partial charge in [-0.2, -0.15) is 0 Å². The summed E-state index contributed by atoms with van der Waals surface area (Å²) in [7, 11) is 3.35. The standard InChI is InChI=1S/C11H13N3O2/c1-12-11(15)14(2)6-8-3-4-9-10(5-8)16-7-13-9/h3-5,7H,6H2,1-2H3,(H,12,15). The van der Waals surface area contributed by atoms with Crippen LogP contribution in [0.1, 0.15) is 5.56 Å². The fourth-order valence-electron chi connectivity index (χ4n) is 1.53. The van der Waals surface area contributed by atoms with Gasteiger partial charge in [0.2, 0.25) is 0 Å². The molecule has 1 heterocycles. The molecule has 0 radical (unpaired) electrons. The molecule has 0 fully saturated rings. The number of rotatable bonds is 2. The number of amides is 2. The molecule has 84 valence electrons. The average Bonchev–Trinajstić information content (AvgIpc) is 2.75. The molecule has 1 aromatic carbocycles. The quantitative estimate of drug-likeness (QED) is 0.834. The summed E-state index contributed by atoms with van der Waals surface area (Å²) in [6.45, 7) is 0.538. The van der Waals surface area contributed by atoms with Gasteiger partial charge in [0.1, 0.15) is 5.52 Å². The first-order valence-corrected chi connectivity index (χ1v) is 4.95. The Morgan fingerprint density at radius 3 is 3.12 bits per heavy atom. The van der Waals surface area contributed by atoms with Crippen LogP contribution in [0.15, 0.2) is 29.0 Å². The summed E-state index contributed by atoms with van der Waals surface area (Å²) in [6.07, 6.45) is 1.41. The normalized spacial score (nSPS) is 10.4. The van der Waals surface area contributed by atoms with Crippen LogP contribution in [0.4, 0.5) is 4.79 Å². The summed E-state index contributed by atoms with van der Waals surface area (Å²) in [5.74, 6) is 0. The smallest absolute Gasteiger partial charge is 0.317 e. The third-order valence-corrected chi connectivity index (χ3v) is 2.38. The van der Waals surface area contributed by atoms with Crippen molar-refractivity contribution in [3.05, 3.63) is 30.2 Å². The van der Waals surface area contributed by atoms with Gasteiger partial charge in [0, 0.05) is 20.6 Å². The van der Waals surface area contributed by atoms with Crippen molar-refractivity contribution in [2.24, 2.45) is 0 Å². The maximum atomic E-state index is 11.3. The third kappa shape index (κ3) is 1.98. The molecule has 0 unspecified atom stereocenters. The van der Waals surface area contributed by atoms with Gasteiger partial charge in [-0.05, 0) is 17.7 Å². The van der Waals surface area contributed by atoms with Gasteiger partial charge in [0.25, 0.3) is 0 Å². The van der Waals surface area contributed by atoms with Crippen molar-refractivity contribution in [2.75, 3.05) is 14.1 Å². The van der Waals surface area contributed by atoms with E-state index in [1.807, 2.05) is 18.2 Å². The first kappa shape index (κ1) is 10.5. The van der Waals surface area contributed by atoms with E-state index in [0.29, 0.717) is 6.54 Å². The Bertz CT molecular complexity index is 507. The molecule has 0 saturated carbocycles. The van der Waals surface area contributed by atoms with E-state index in [0.717, 1.165) is 16.7 Å². The molecule has 1 aromatic heterocycles. The second-order valence-electron chi connectivity index (χ2n) is 3.57. The van der Waals surface area contributed by atoms with Crippen molar-refractivity contribution < 1.29 is 9.21 Å². The van der Waals surface area contributed by atoms with Gasteiger partial charge in [0.15, 0.2) is 12.0 Å². The molecule has 2 aromatic rings. The molecule has 0 atom stereocenters. The molecule has 16 heavy (non-hydrogen) atoms. The van der Waals surface area contributed by atoms with Crippen LogP contribution in [-0.2, 0) is 6.54 Å². The second kappa shape index (κ2) is 4.22. The maximum Gasteiger partial charge on any atom is 0.317 e. The van der Waals surface area contributed by atoms with Crippen molar-refractivity contribution in [2.45, 2.75) is 6.54 Å². The number of carbonyl (C=O) groups is 1. The first-order valence-electron chi connectivity index (χ1n) is 4.95. The van der Waals surface area contributed by atoms with Crippen LogP contribution in [-0.4, -0.2) is 30.0 Å². The topological polar surface area (TPSA) is 58.4 Å². The number of nitrogens with zero attached hydrogens (tertiary/aromatic N) is 2. The highest BCUT2D eigenvalue weighted by Gasteiger charge is 2.07. The van der Waals surface area contributed by atoms with Crippen molar-refractivity contribution in [1.29, 1.82) is 0 Å².